The standard InChI is InChI=1S/C14H11FO2/c1-10-5-4-6-11(9-10)17-14(16)12-7-2-3-8-13(12)15/h2-9H,1H3. The number of hydrogen-bond donors (Lipinski definition) is 0. The number of ether oxygens (including phenoxy) is 1. The molecular weight excluding hydrogens is 219 g/mol. The third-order valence-corrected chi connectivity index (χ3v) is 2.29. The van der Waals surface area contributed by atoms with E-state index >= 15 is 0 Å². The van der Waals surface area contributed by atoms with Gasteiger partial charge in [0, 0.05) is 0 Å². The Bertz CT molecular complexity index is 549. The molecule has 0 saturated heterocycles. The van der Waals surface area contributed by atoms with Gasteiger partial charge in [0.15, 0.2) is 0 Å². The van der Waals surface area contributed by atoms with E-state index in [1.165, 1.54) is 18.2 Å². The molecule has 0 heterocycles. The van der Waals surface area contributed by atoms with Crippen LogP contribution in [0.1, 0.15) is 15.9 Å². The van der Waals surface area contributed by atoms with Crippen LogP contribution in [0.15, 0.2) is 48.5 Å². The molecule has 2 rings (SSSR count). The summed E-state index contributed by atoms with van der Waals surface area (Å²) in [6, 6.07) is 12.8. The molecule has 2 aromatic carbocycles. The number of rotatable bonds is 2. The van der Waals surface area contributed by atoms with E-state index < -0.39 is 11.8 Å². The van der Waals surface area contributed by atoms with Gasteiger partial charge in [-0.25, -0.2) is 9.18 Å². The summed E-state index contributed by atoms with van der Waals surface area (Å²) in [4.78, 5) is 11.7. The lowest BCUT2D eigenvalue weighted by atomic mass is 10.2. The molecule has 17 heavy (non-hydrogen) atoms. The molecule has 2 aromatic rings. The quantitative estimate of drug-likeness (QED) is 0.584. The van der Waals surface area contributed by atoms with Crippen LogP contribution >= 0.6 is 0 Å². The maximum atomic E-state index is 13.3. The van der Waals surface area contributed by atoms with Crippen LogP contribution in [0.3, 0.4) is 0 Å². The summed E-state index contributed by atoms with van der Waals surface area (Å²) in [6.07, 6.45) is 0. The Morgan fingerprint density at radius 1 is 1.12 bits per heavy atom. The van der Waals surface area contributed by atoms with Crippen molar-refractivity contribution < 1.29 is 13.9 Å². The Labute approximate surface area is 98.7 Å². The Morgan fingerprint density at radius 3 is 2.59 bits per heavy atom. The second-order valence-electron chi connectivity index (χ2n) is 3.69. The van der Waals surface area contributed by atoms with E-state index in [-0.39, 0.29) is 5.56 Å². The third-order valence-electron chi connectivity index (χ3n) is 2.29. The minimum atomic E-state index is -0.686. The van der Waals surface area contributed by atoms with Gasteiger partial charge in [0.2, 0.25) is 0 Å². The lowest BCUT2D eigenvalue weighted by molar-refractivity contribution is 0.0730. The maximum Gasteiger partial charge on any atom is 0.346 e. The lowest BCUT2D eigenvalue weighted by Gasteiger charge is -2.05. The van der Waals surface area contributed by atoms with Gasteiger partial charge >= 0.3 is 5.97 Å². The number of aryl methyl sites for hydroxylation is 1. The van der Waals surface area contributed by atoms with Crippen molar-refractivity contribution in [3.05, 3.63) is 65.5 Å². The van der Waals surface area contributed by atoms with Crippen molar-refractivity contribution in [3.63, 3.8) is 0 Å². The number of benzene rings is 2. The van der Waals surface area contributed by atoms with Crippen LogP contribution in [0.5, 0.6) is 5.75 Å². The highest BCUT2D eigenvalue weighted by atomic mass is 19.1. The number of esters is 1. The summed E-state index contributed by atoms with van der Waals surface area (Å²) < 4.78 is 18.4. The zero-order valence-electron chi connectivity index (χ0n) is 9.31. The van der Waals surface area contributed by atoms with E-state index in [2.05, 4.69) is 0 Å². The largest absolute Gasteiger partial charge is 0.423 e. The molecule has 0 aromatic heterocycles. The number of carbonyl (C=O) groups excluding carboxylic acids is 1. The first-order valence-electron chi connectivity index (χ1n) is 5.20. The van der Waals surface area contributed by atoms with Crippen LogP contribution in [-0.4, -0.2) is 5.97 Å². The van der Waals surface area contributed by atoms with Crippen LogP contribution in [-0.2, 0) is 0 Å². The molecule has 0 aliphatic rings. The molecule has 3 heteroatoms. The first kappa shape index (κ1) is 11.3. The molecule has 0 fully saturated rings. The monoisotopic (exact) mass is 230 g/mol. The summed E-state index contributed by atoms with van der Waals surface area (Å²) in [5.41, 5.74) is 0.915. The van der Waals surface area contributed by atoms with Crippen LogP contribution in [0.4, 0.5) is 4.39 Å². The summed E-state index contributed by atoms with van der Waals surface area (Å²) >= 11 is 0. The van der Waals surface area contributed by atoms with Gasteiger partial charge in [0.05, 0.1) is 5.56 Å². The zero-order valence-corrected chi connectivity index (χ0v) is 9.31. The fraction of sp³-hybridized carbons (Fsp3) is 0.0714. The highest BCUT2D eigenvalue weighted by molar-refractivity contribution is 5.91. The van der Waals surface area contributed by atoms with E-state index in [0.29, 0.717) is 5.75 Å². The van der Waals surface area contributed by atoms with Crippen LogP contribution in [0.2, 0.25) is 0 Å². The molecule has 0 aliphatic carbocycles. The van der Waals surface area contributed by atoms with E-state index in [0.717, 1.165) is 5.56 Å². The van der Waals surface area contributed by atoms with Gasteiger partial charge in [-0.15, -0.1) is 0 Å². The van der Waals surface area contributed by atoms with Gasteiger partial charge in [-0.2, -0.15) is 0 Å². The van der Waals surface area contributed by atoms with Crippen LogP contribution < -0.4 is 4.74 Å². The number of carbonyl (C=O) groups is 1. The molecule has 0 unspecified atom stereocenters. The molecule has 0 N–H and O–H groups in total. The molecule has 86 valence electrons. The maximum absolute atomic E-state index is 13.3. The van der Waals surface area contributed by atoms with Crippen molar-refractivity contribution in [2.75, 3.05) is 0 Å². The molecule has 0 saturated carbocycles. The first-order chi connectivity index (χ1) is 8.16. The van der Waals surface area contributed by atoms with Gasteiger partial charge in [-0.05, 0) is 36.8 Å². The molecule has 0 aliphatic heterocycles. The number of hydrogen-bond acceptors (Lipinski definition) is 2. The summed E-state index contributed by atoms with van der Waals surface area (Å²) in [6.45, 7) is 1.89. The topological polar surface area (TPSA) is 26.3 Å². The average molecular weight is 230 g/mol. The fourth-order valence-corrected chi connectivity index (χ4v) is 1.47. The highest BCUT2D eigenvalue weighted by Gasteiger charge is 2.12. The summed E-state index contributed by atoms with van der Waals surface area (Å²) in [5.74, 6) is -0.850. The van der Waals surface area contributed by atoms with Gasteiger partial charge < -0.3 is 4.74 Å². The van der Waals surface area contributed by atoms with E-state index in [1.807, 2.05) is 13.0 Å². The predicted molar refractivity (Wildman–Crippen MR) is 62.5 cm³/mol. The van der Waals surface area contributed by atoms with Crippen molar-refractivity contribution in [2.24, 2.45) is 0 Å². The SMILES string of the molecule is Cc1cccc(OC(=O)c2ccccc2F)c1. The Balaban J connectivity index is 2.20. The predicted octanol–water partition coefficient (Wildman–Crippen LogP) is 3.35. The molecule has 0 spiro atoms. The van der Waals surface area contributed by atoms with E-state index in [4.69, 9.17) is 4.74 Å². The lowest BCUT2D eigenvalue weighted by Crippen LogP contribution is -2.10. The van der Waals surface area contributed by atoms with Gasteiger partial charge in [-0.1, -0.05) is 24.3 Å². The second kappa shape index (κ2) is 4.78. The second-order valence-corrected chi connectivity index (χ2v) is 3.69. The zero-order chi connectivity index (χ0) is 12.3. The van der Waals surface area contributed by atoms with E-state index in [9.17, 15) is 9.18 Å². The van der Waals surface area contributed by atoms with Gasteiger partial charge in [0.1, 0.15) is 11.6 Å². The van der Waals surface area contributed by atoms with Crippen LogP contribution in [0, 0.1) is 12.7 Å². The Kier molecular flexibility index (Phi) is 3.19. The summed E-state index contributed by atoms with van der Waals surface area (Å²) in [7, 11) is 0. The minimum Gasteiger partial charge on any atom is -0.423 e. The normalized spacial score (nSPS) is 10.0. The Hall–Kier alpha value is -2.16. The molecule has 0 atom stereocenters. The molecule has 2 nitrogen and oxygen atoms in total. The summed E-state index contributed by atoms with van der Waals surface area (Å²) in [5, 5.41) is 0. The third kappa shape index (κ3) is 2.69. The van der Waals surface area contributed by atoms with Gasteiger partial charge in [-0.3, -0.25) is 0 Å². The van der Waals surface area contributed by atoms with Crippen molar-refractivity contribution in [1.29, 1.82) is 0 Å². The van der Waals surface area contributed by atoms with Crippen molar-refractivity contribution >= 4 is 5.97 Å². The molecule has 0 amide bonds. The van der Waals surface area contributed by atoms with Gasteiger partial charge in [0.25, 0.3) is 0 Å². The Morgan fingerprint density at radius 2 is 1.88 bits per heavy atom. The minimum absolute atomic E-state index is 0.0611. The van der Waals surface area contributed by atoms with E-state index in [1.54, 1.807) is 24.3 Å². The molecular formula is C14H11FO2. The first-order valence-corrected chi connectivity index (χ1v) is 5.20. The highest BCUT2D eigenvalue weighted by Crippen LogP contribution is 2.15. The molecule has 0 bridgehead atoms. The smallest absolute Gasteiger partial charge is 0.346 e. The fourth-order valence-electron chi connectivity index (χ4n) is 1.47. The number of halogens is 1. The van der Waals surface area contributed by atoms with Crippen molar-refractivity contribution in [1.82, 2.24) is 0 Å². The molecule has 0 radical (unpaired) electrons. The average Bonchev–Trinajstić information content (AvgIpc) is 2.29. The van der Waals surface area contributed by atoms with Crippen molar-refractivity contribution in [3.8, 4) is 5.75 Å². The van der Waals surface area contributed by atoms with Crippen molar-refractivity contribution in [2.45, 2.75) is 6.92 Å². The van der Waals surface area contributed by atoms with Crippen LogP contribution in [0.25, 0.3) is 0 Å².